The number of halogens is 2. The molecule has 3 amide bonds. The zero-order valence-corrected chi connectivity index (χ0v) is 30.6. The second kappa shape index (κ2) is 14.7. The number of aryl methyl sites for hydroxylation is 1. The highest BCUT2D eigenvalue weighted by atomic mass is 35.5. The van der Waals surface area contributed by atoms with Crippen LogP contribution in [0.5, 0.6) is 5.75 Å². The van der Waals surface area contributed by atoms with Gasteiger partial charge in [0, 0.05) is 41.8 Å². The molecule has 1 saturated heterocycles. The van der Waals surface area contributed by atoms with Gasteiger partial charge in [0.25, 0.3) is 0 Å². The molecule has 2 aliphatic heterocycles. The summed E-state index contributed by atoms with van der Waals surface area (Å²) in [5.41, 5.74) is 7.11. The number of primary amides is 1. The smallest absolute Gasteiger partial charge is 0.326 e. The van der Waals surface area contributed by atoms with Crippen LogP contribution < -0.4 is 15.2 Å². The number of benzene rings is 3. The van der Waals surface area contributed by atoms with Gasteiger partial charge in [0.15, 0.2) is 0 Å². The molecule has 5 rings (SSSR count). The summed E-state index contributed by atoms with van der Waals surface area (Å²) in [4.78, 5) is 37.0. The van der Waals surface area contributed by atoms with Crippen LogP contribution in [0.2, 0.25) is 10.0 Å². The predicted molar refractivity (Wildman–Crippen MR) is 192 cm³/mol. The van der Waals surface area contributed by atoms with Crippen molar-refractivity contribution >= 4 is 51.0 Å². The molecule has 0 bridgehead atoms. The number of rotatable bonds is 9. The molecule has 2 heterocycles. The molecule has 14 heteroatoms. The van der Waals surface area contributed by atoms with Crippen LogP contribution in [-0.2, 0) is 14.8 Å². The maximum absolute atomic E-state index is 14.8. The average Bonchev–Trinajstić information content (AvgIpc) is 3.41. The number of urea groups is 1. The highest BCUT2D eigenvalue weighted by molar-refractivity contribution is 7.89. The number of ether oxygens (including phenoxy) is 1. The molecule has 0 spiro atoms. The van der Waals surface area contributed by atoms with Crippen molar-refractivity contribution in [2.75, 3.05) is 39.3 Å². The largest absolute Gasteiger partial charge is 0.493 e. The number of carbonyl (C=O) groups is 2. The minimum Gasteiger partial charge on any atom is -0.493 e. The van der Waals surface area contributed by atoms with Gasteiger partial charge in [-0.05, 0) is 87.7 Å². The Morgan fingerprint density at radius 3 is 2.06 bits per heavy atom. The van der Waals surface area contributed by atoms with Crippen molar-refractivity contribution in [2.24, 2.45) is 10.7 Å². The fourth-order valence-electron chi connectivity index (χ4n) is 6.18. The monoisotopic (exact) mass is 728 g/mol. The number of carbonyl (C=O) groups excluding carboxylic acids is 2. The van der Waals surface area contributed by atoms with Crippen molar-refractivity contribution in [2.45, 2.75) is 57.1 Å². The quantitative estimate of drug-likeness (QED) is 0.297. The third-order valence-electron chi connectivity index (χ3n) is 8.27. The van der Waals surface area contributed by atoms with Gasteiger partial charge < -0.3 is 15.4 Å². The summed E-state index contributed by atoms with van der Waals surface area (Å²) in [6, 6.07) is 16.2. The SMILES string of the molecule is CCOc1cc(C)c(S(=O)(=O)NC(C)(C)C)cc1C1=N[C@@H](c2ccc(Cl)cc2)[C@@H](c2ccc(Cl)cc2)N1C(=O)N1CCN(CC(N)=O)CC1. The number of sulfonamides is 1. The Bertz CT molecular complexity index is 1840. The Labute approximate surface area is 298 Å². The van der Waals surface area contributed by atoms with Gasteiger partial charge in [-0.1, -0.05) is 47.5 Å². The number of amides is 3. The molecule has 3 aromatic rings. The Hall–Kier alpha value is -3.68. The van der Waals surface area contributed by atoms with E-state index >= 15 is 0 Å². The van der Waals surface area contributed by atoms with Gasteiger partial charge >= 0.3 is 6.03 Å². The number of piperazine rings is 1. The van der Waals surface area contributed by atoms with Gasteiger partial charge in [-0.3, -0.25) is 19.6 Å². The minimum atomic E-state index is -3.99. The number of nitrogens with one attached hydrogen (secondary N) is 1. The van der Waals surface area contributed by atoms with Crippen LogP contribution >= 0.6 is 23.2 Å². The van der Waals surface area contributed by atoms with Crippen LogP contribution in [0.25, 0.3) is 0 Å². The Balaban J connectivity index is 1.71. The molecular weight excluding hydrogens is 687 g/mol. The Morgan fingerprint density at radius 2 is 1.53 bits per heavy atom. The fraction of sp³-hybridized carbons (Fsp3) is 0.400. The molecule has 49 heavy (non-hydrogen) atoms. The summed E-state index contributed by atoms with van der Waals surface area (Å²) < 4.78 is 36.4. The molecule has 0 unspecified atom stereocenters. The third-order valence-corrected chi connectivity index (χ3v) is 10.7. The van der Waals surface area contributed by atoms with Gasteiger partial charge in [0.05, 0.1) is 29.7 Å². The number of nitrogens with two attached hydrogens (primary N) is 1. The summed E-state index contributed by atoms with van der Waals surface area (Å²) in [7, 11) is -3.99. The zero-order chi connectivity index (χ0) is 35.7. The number of amidine groups is 1. The van der Waals surface area contributed by atoms with Crippen molar-refractivity contribution < 1.29 is 22.7 Å². The molecule has 2 atom stereocenters. The topological polar surface area (TPSA) is 138 Å². The molecule has 3 aromatic carbocycles. The first kappa shape index (κ1) is 36.6. The van der Waals surface area contributed by atoms with E-state index < -0.39 is 33.6 Å². The normalized spacial score (nSPS) is 18.8. The summed E-state index contributed by atoms with van der Waals surface area (Å²) in [5, 5.41) is 1.09. The number of hydrogen-bond acceptors (Lipinski definition) is 7. The van der Waals surface area contributed by atoms with E-state index in [0.29, 0.717) is 59.7 Å². The van der Waals surface area contributed by atoms with E-state index in [4.69, 9.17) is 38.7 Å². The van der Waals surface area contributed by atoms with Crippen molar-refractivity contribution in [1.82, 2.24) is 19.4 Å². The molecule has 11 nitrogen and oxygen atoms in total. The molecule has 3 N–H and O–H groups in total. The molecule has 0 saturated carbocycles. The van der Waals surface area contributed by atoms with Crippen LogP contribution in [0.4, 0.5) is 4.79 Å². The molecule has 262 valence electrons. The number of aliphatic imine (C=N–C) groups is 1. The summed E-state index contributed by atoms with van der Waals surface area (Å²) in [5.74, 6) is 0.223. The predicted octanol–water partition coefficient (Wildman–Crippen LogP) is 5.55. The van der Waals surface area contributed by atoms with Crippen molar-refractivity contribution in [3.8, 4) is 5.75 Å². The molecule has 0 radical (unpaired) electrons. The van der Waals surface area contributed by atoms with Gasteiger partial charge in [-0.15, -0.1) is 0 Å². The lowest BCUT2D eigenvalue weighted by Crippen LogP contribution is -2.55. The van der Waals surface area contributed by atoms with E-state index in [9.17, 15) is 18.0 Å². The van der Waals surface area contributed by atoms with E-state index in [1.54, 1.807) is 73.9 Å². The molecule has 0 aliphatic carbocycles. The summed E-state index contributed by atoms with van der Waals surface area (Å²) in [6.45, 7) is 10.9. The molecule has 2 aliphatic rings. The van der Waals surface area contributed by atoms with E-state index in [-0.39, 0.29) is 23.3 Å². The van der Waals surface area contributed by atoms with E-state index in [0.717, 1.165) is 11.1 Å². The number of hydrogen-bond donors (Lipinski definition) is 2. The van der Waals surface area contributed by atoms with Crippen LogP contribution in [-0.4, -0.2) is 85.8 Å². The van der Waals surface area contributed by atoms with E-state index in [1.165, 1.54) is 0 Å². The first-order chi connectivity index (χ1) is 23.1. The van der Waals surface area contributed by atoms with Crippen LogP contribution in [0.15, 0.2) is 70.6 Å². The second-order valence-corrected chi connectivity index (χ2v) is 15.8. The van der Waals surface area contributed by atoms with Gasteiger partial charge in [0.2, 0.25) is 15.9 Å². The number of nitrogens with zero attached hydrogens (tertiary/aromatic N) is 4. The highest BCUT2D eigenvalue weighted by Crippen LogP contribution is 2.46. The first-order valence-electron chi connectivity index (χ1n) is 16.1. The summed E-state index contributed by atoms with van der Waals surface area (Å²) in [6.07, 6.45) is 0. The van der Waals surface area contributed by atoms with E-state index in [1.807, 2.05) is 36.1 Å². The van der Waals surface area contributed by atoms with Crippen molar-refractivity contribution in [1.29, 1.82) is 0 Å². The van der Waals surface area contributed by atoms with Gasteiger partial charge in [0.1, 0.15) is 17.6 Å². The zero-order valence-electron chi connectivity index (χ0n) is 28.2. The van der Waals surface area contributed by atoms with Crippen LogP contribution in [0.3, 0.4) is 0 Å². The van der Waals surface area contributed by atoms with Crippen LogP contribution in [0.1, 0.15) is 62.0 Å². The lowest BCUT2D eigenvalue weighted by Gasteiger charge is -2.38. The Morgan fingerprint density at radius 1 is 0.959 bits per heavy atom. The maximum atomic E-state index is 14.8. The summed E-state index contributed by atoms with van der Waals surface area (Å²) >= 11 is 12.6. The van der Waals surface area contributed by atoms with E-state index in [2.05, 4.69) is 4.72 Å². The maximum Gasteiger partial charge on any atom is 0.326 e. The second-order valence-electron chi connectivity index (χ2n) is 13.2. The average molecular weight is 730 g/mol. The molecule has 1 fully saturated rings. The van der Waals surface area contributed by atoms with Gasteiger partial charge in [-0.2, -0.15) is 0 Å². The van der Waals surface area contributed by atoms with Crippen molar-refractivity contribution in [3.63, 3.8) is 0 Å². The third kappa shape index (κ3) is 8.38. The first-order valence-corrected chi connectivity index (χ1v) is 18.3. The molecular formula is C35H42Cl2N6O5S. The standard InChI is InChI=1S/C35H42Cl2N6O5S/c1-6-48-28-19-22(2)29(49(46,47)40-35(3,4)5)20-27(28)33-39-31(23-7-11-25(36)12-8-23)32(24-9-13-26(37)14-10-24)43(33)34(45)42-17-15-41(16-18-42)21-30(38)44/h7-14,19-20,31-32,40H,6,15-18,21H2,1-5H3,(H2,38,44)/t31-,32+/m0/s1. The lowest BCUT2D eigenvalue weighted by atomic mass is 9.93. The fourth-order valence-corrected chi connectivity index (χ4v) is 8.11. The molecule has 0 aromatic heterocycles. The van der Waals surface area contributed by atoms with Crippen LogP contribution in [0, 0.1) is 6.92 Å². The lowest BCUT2D eigenvalue weighted by molar-refractivity contribution is -0.119. The van der Waals surface area contributed by atoms with Crippen molar-refractivity contribution in [3.05, 3.63) is 93.0 Å². The Kier molecular flexibility index (Phi) is 10.9. The van der Waals surface area contributed by atoms with Gasteiger partial charge in [-0.25, -0.2) is 17.9 Å². The minimum absolute atomic E-state index is 0.0500. The highest BCUT2D eigenvalue weighted by Gasteiger charge is 2.45.